The van der Waals surface area contributed by atoms with Gasteiger partial charge in [0.2, 0.25) is 5.56 Å². The summed E-state index contributed by atoms with van der Waals surface area (Å²) in [5.41, 5.74) is 1.57. The van der Waals surface area contributed by atoms with Crippen molar-refractivity contribution in [3.8, 4) is 5.75 Å². The molecule has 1 aliphatic rings. The number of methoxy groups -OCH3 is 1. The average Bonchev–Trinajstić information content (AvgIpc) is 2.95. The van der Waals surface area contributed by atoms with Gasteiger partial charge in [-0.3, -0.25) is 4.79 Å². The van der Waals surface area contributed by atoms with Crippen LogP contribution in [0.15, 0.2) is 52.5 Å². The first-order valence-corrected chi connectivity index (χ1v) is 8.28. The number of hydrogen-bond acceptors (Lipinski definition) is 5. The molecule has 0 radical (unpaired) electrons. The van der Waals surface area contributed by atoms with E-state index in [1.165, 1.54) is 12.1 Å². The maximum Gasteiger partial charge on any atom is 0.248 e. The van der Waals surface area contributed by atoms with Gasteiger partial charge in [-0.2, -0.15) is 0 Å². The van der Waals surface area contributed by atoms with Gasteiger partial charge in [0.05, 0.1) is 24.1 Å². The van der Waals surface area contributed by atoms with Crippen LogP contribution in [0.1, 0.15) is 11.7 Å². The fraction of sp³-hybridized carbons (Fsp3) is 0.278. The summed E-state index contributed by atoms with van der Waals surface area (Å²) in [6, 6.07) is 6.06. The second-order valence-electron chi connectivity index (χ2n) is 5.80. The standard InChI is InChI=1S/C18H19ClN2O4/c1-25-16-7-11(19)6-10(16)8-20-9-15(23)12-2-4-14(22)18-13(12)3-5-17(24)21-18/h2-7,11,15,20,22-23H,8-9H2,1H3,(H,21,24)/t11?,15-/m0/s1. The van der Waals surface area contributed by atoms with Crippen molar-refractivity contribution in [2.75, 3.05) is 20.2 Å². The molecule has 1 aromatic heterocycles. The van der Waals surface area contributed by atoms with Crippen molar-refractivity contribution in [1.29, 1.82) is 0 Å². The van der Waals surface area contributed by atoms with Crippen molar-refractivity contribution >= 4 is 22.5 Å². The van der Waals surface area contributed by atoms with Crippen molar-refractivity contribution in [2.45, 2.75) is 11.5 Å². The summed E-state index contributed by atoms with van der Waals surface area (Å²) in [7, 11) is 1.59. The highest BCUT2D eigenvalue weighted by Gasteiger charge is 2.18. The molecule has 2 atom stereocenters. The number of fused-ring (bicyclic) bond motifs is 1. The van der Waals surface area contributed by atoms with Gasteiger partial charge in [-0.05, 0) is 23.8 Å². The van der Waals surface area contributed by atoms with Crippen LogP contribution in [0.5, 0.6) is 5.75 Å². The van der Waals surface area contributed by atoms with E-state index in [1.807, 2.05) is 12.2 Å². The SMILES string of the molecule is COC1=CC(Cl)C=C1CNC[C@H](O)c1ccc(O)c2[nH]c(=O)ccc12. The number of hydrogen-bond donors (Lipinski definition) is 4. The van der Waals surface area contributed by atoms with E-state index in [0.29, 0.717) is 29.6 Å². The minimum absolute atomic E-state index is 0.0317. The van der Waals surface area contributed by atoms with Gasteiger partial charge in [0.1, 0.15) is 11.5 Å². The summed E-state index contributed by atoms with van der Waals surface area (Å²) in [6.45, 7) is 0.799. The number of aliphatic hydroxyl groups excluding tert-OH is 1. The molecular formula is C18H19ClN2O4. The number of aromatic amines is 1. The van der Waals surface area contributed by atoms with Crippen LogP contribution < -0.4 is 10.9 Å². The fourth-order valence-electron chi connectivity index (χ4n) is 2.92. The number of ether oxygens (including phenoxy) is 1. The van der Waals surface area contributed by atoms with Crippen molar-refractivity contribution < 1.29 is 14.9 Å². The molecule has 7 heteroatoms. The van der Waals surface area contributed by atoms with E-state index in [4.69, 9.17) is 16.3 Å². The smallest absolute Gasteiger partial charge is 0.248 e. The summed E-state index contributed by atoms with van der Waals surface area (Å²) in [5.74, 6) is 0.699. The maximum absolute atomic E-state index is 11.4. The molecule has 0 amide bonds. The third kappa shape index (κ3) is 3.71. The topological polar surface area (TPSA) is 94.6 Å². The Kier molecular flexibility index (Phi) is 5.13. The lowest BCUT2D eigenvalue weighted by Gasteiger charge is -2.16. The molecule has 4 N–H and O–H groups in total. The fourth-order valence-corrected chi connectivity index (χ4v) is 3.19. The average molecular weight is 363 g/mol. The van der Waals surface area contributed by atoms with Crippen LogP contribution in [0.25, 0.3) is 10.9 Å². The van der Waals surface area contributed by atoms with Gasteiger partial charge in [-0.15, -0.1) is 11.6 Å². The maximum atomic E-state index is 11.4. The van der Waals surface area contributed by atoms with Gasteiger partial charge in [-0.25, -0.2) is 0 Å². The second kappa shape index (κ2) is 7.31. The Morgan fingerprint density at radius 1 is 1.32 bits per heavy atom. The summed E-state index contributed by atoms with van der Waals surface area (Å²) >= 11 is 6.05. The number of alkyl halides is 1. The Labute approximate surface area is 149 Å². The first kappa shape index (κ1) is 17.5. The first-order chi connectivity index (χ1) is 12.0. The Balaban J connectivity index is 1.72. The molecule has 0 fully saturated rings. The summed E-state index contributed by atoms with van der Waals surface area (Å²) < 4.78 is 5.26. The van der Waals surface area contributed by atoms with E-state index in [-0.39, 0.29) is 16.7 Å². The van der Waals surface area contributed by atoms with E-state index in [1.54, 1.807) is 19.2 Å². The Hall–Kier alpha value is -2.28. The number of rotatable bonds is 6. The molecule has 0 saturated carbocycles. The minimum Gasteiger partial charge on any atom is -0.506 e. The molecule has 0 spiro atoms. The van der Waals surface area contributed by atoms with Gasteiger partial charge >= 0.3 is 0 Å². The number of benzene rings is 1. The molecule has 25 heavy (non-hydrogen) atoms. The molecule has 1 aliphatic carbocycles. The predicted molar refractivity (Wildman–Crippen MR) is 96.9 cm³/mol. The number of halogens is 1. The van der Waals surface area contributed by atoms with Crippen LogP contribution in [0.3, 0.4) is 0 Å². The van der Waals surface area contributed by atoms with Crippen LogP contribution in [0.2, 0.25) is 0 Å². The van der Waals surface area contributed by atoms with Crippen LogP contribution in [-0.4, -0.2) is 40.8 Å². The van der Waals surface area contributed by atoms with Gasteiger partial charge in [-0.1, -0.05) is 12.1 Å². The molecule has 0 aliphatic heterocycles. The molecule has 0 bridgehead atoms. The summed E-state index contributed by atoms with van der Waals surface area (Å²) in [5, 5.41) is 24.0. The van der Waals surface area contributed by atoms with Crippen LogP contribution >= 0.6 is 11.6 Å². The van der Waals surface area contributed by atoms with Crippen molar-refractivity contribution in [1.82, 2.24) is 10.3 Å². The highest BCUT2D eigenvalue weighted by Crippen LogP contribution is 2.28. The summed E-state index contributed by atoms with van der Waals surface area (Å²) in [4.78, 5) is 14.0. The van der Waals surface area contributed by atoms with E-state index >= 15 is 0 Å². The molecular weight excluding hydrogens is 344 g/mol. The molecule has 6 nitrogen and oxygen atoms in total. The highest BCUT2D eigenvalue weighted by atomic mass is 35.5. The molecule has 2 aromatic rings. The van der Waals surface area contributed by atoms with Gasteiger partial charge in [0.15, 0.2) is 0 Å². The van der Waals surface area contributed by atoms with Crippen molar-refractivity contribution in [2.24, 2.45) is 0 Å². The highest BCUT2D eigenvalue weighted by molar-refractivity contribution is 6.23. The molecule has 1 aromatic carbocycles. The molecule has 0 saturated heterocycles. The second-order valence-corrected chi connectivity index (χ2v) is 6.31. The van der Waals surface area contributed by atoms with Crippen LogP contribution in [0, 0.1) is 0 Å². The molecule has 1 unspecified atom stereocenters. The third-order valence-corrected chi connectivity index (χ3v) is 4.38. The van der Waals surface area contributed by atoms with Gasteiger partial charge < -0.3 is 25.3 Å². The Morgan fingerprint density at radius 2 is 2.12 bits per heavy atom. The monoisotopic (exact) mass is 362 g/mol. The van der Waals surface area contributed by atoms with Crippen molar-refractivity contribution in [3.63, 3.8) is 0 Å². The number of H-pyrrole nitrogens is 1. The minimum atomic E-state index is -0.808. The van der Waals surface area contributed by atoms with E-state index in [9.17, 15) is 15.0 Å². The van der Waals surface area contributed by atoms with E-state index in [2.05, 4.69) is 10.3 Å². The lowest BCUT2D eigenvalue weighted by molar-refractivity contribution is 0.177. The number of pyridine rings is 1. The number of aromatic nitrogens is 1. The van der Waals surface area contributed by atoms with Gasteiger partial charge in [0, 0.05) is 30.1 Å². The predicted octanol–water partition coefficient (Wildman–Crippen LogP) is 1.93. The molecule has 1 heterocycles. The number of allylic oxidation sites excluding steroid dienone is 2. The molecule has 132 valence electrons. The number of phenolic OH excluding ortho intramolecular Hbond substituents is 1. The molecule has 3 rings (SSSR count). The van der Waals surface area contributed by atoms with E-state index in [0.717, 1.165) is 11.3 Å². The number of nitrogens with one attached hydrogen (secondary N) is 2. The zero-order valence-corrected chi connectivity index (χ0v) is 14.4. The number of aliphatic hydroxyl groups is 1. The Morgan fingerprint density at radius 3 is 2.88 bits per heavy atom. The van der Waals surface area contributed by atoms with Crippen molar-refractivity contribution in [3.05, 3.63) is 63.7 Å². The van der Waals surface area contributed by atoms with Gasteiger partial charge in [0.25, 0.3) is 0 Å². The third-order valence-electron chi connectivity index (χ3n) is 4.13. The normalized spacial score (nSPS) is 18.1. The number of phenols is 1. The first-order valence-electron chi connectivity index (χ1n) is 7.84. The zero-order chi connectivity index (χ0) is 18.0. The lowest BCUT2D eigenvalue weighted by atomic mass is 10.0. The van der Waals surface area contributed by atoms with Crippen LogP contribution in [0.4, 0.5) is 0 Å². The van der Waals surface area contributed by atoms with Crippen LogP contribution in [-0.2, 0) is 4.74 Å². The van der Waals surface area contributed by atoms with E-state index < -0.39 is 6.10 Å². The largest absolute Gasteiger partial charge is 0.506 e. The zero-order valence-electron chi connectivity index (χ0n) is 13.6. The number of aromatic hydroxyl groups is 1. The Bertz CT molecular complexity index is 904. The summed E-state index contributed by atoms with van der Waals surface area (Å²) in [6.07, 6.45) is 2.90. The quantitative estimate of drug-likeness (QED) is 0.589. The lowest BCUT2D eigenvalue weighted by Crippen LogP contribution is -2.24.